The van der Waals surface area contributed by atoms with Gasteiger partial charge in [0, 0.05) is 11.8 Å². The monoisotopic (exact) mass is 379 g/mol. The van der Waals surface area contributed by atoms with E-state index in [1.165, 1.54) is 7.11 Å². The predicted molar refractivity (Wildman–Crippen MR) is 105 cm³/mol. The Morgan fingerprint density at radius 3 is 2.39 bits per heavy atom. The summed E-state index contributed by atoms with van der Waals surface area (Å²) >= 11 is 0. The van der Waals surface area contributed by atoms with Crippen molar-refractivity contribution in [1.82, 2.24) is 15.1 Å². The maximum atomic E-state index is 12.6. The van der Waals surface area contributed by atoms with E-state index < -0.39 is 17.9 Å². The molecule has 7 heteroatoms. The second kappa shape index (κ2) is 8.47. The highest BCUT2D eigenvalue weighted by Gasteiger charge is 2.22. The smallest absolute Gasteiger partial charge is 0.328 e. The molecule has 0 bridgehead atoms. The Kier molecular flexibility index (Phi) is 5.84. The Morgan fingerprint density at radius 2 is 1.71 bits per heavy atom. The van der Waals surface area contributed by atoms with Crippen molar-refractivity contribution in [1.29, 1.82) is 0 Å². The molecule has 1 N–H and O–H groups in total. The van der Waals surface area contributed by atoms with Gasteiger partial charge in [-0.05, 0) is 18.6 Å². The molecule has 3 rings (SSSR count). The minimum absolute atomic E-state index is 0.285. The van der Waals surface area contributed by atoms with E-state index in [9.17, 15) is 14.4 Å². The number of hydrogen-bond acceptors (Lipinski definition) is 5. The fourth-order valence-corrected chi connectivity index (χ4v) is 3.07. The van der Waals surface area contributed by atoms with Crippen molar-refractivity contribution in [3.63, 3.8) is 0 Å². The number of aryl methyl sites for hydroxylation is 1. The first-order valence-corrected chi connectivity index (χ1v) is 8.87. The zero-order valence-corrected chi connectivity index (χ0v) is 15.7. The van der Waals surface area contributed by atoms with Gasteiger partial charge in [0.15, 0.2) is 0 Å². The van der Waals surface area contributed by atoms with E-state index in [2.05, 4.69) is 10.4 Å². The molecule has 7 nitrogen and oxygen atoms in total. The van der Waals surface area contributed by atoms with Gasteiger partial charge in [0.2, 0.25) is 5.91 Å². The lowest BCUT2D eigenvalue weighted by Gasteiger charge is -2.17. The Balaban J connectivity index is 1.79. The molecule has 3 aromatic rings. The van der Waals surface area contributed by atoms with E-state index >= 15 is 0 Å². The number of aromatic nitrogens is 2. The molecule has 0 spiro atoms. The maximum absolute atomic E-state index is 12.6. The number of benzene rings is 2. The van der Waals surface area contributed by atoms with Crippen LogP contribution in [0.15, 0.2) is 59.4 Å². The highest BCUT2D eigenvalue weighted by Crippen LogP contribution is 2.11. The summed E-state index contributed by atoms with van der Waals surface area (Å²) in [5, 5.41) is 8.12. The number of carbonyl (C=O) groups is 2. The molecule has 0 fully saturated rings. The molecule has 28 heavy (non-hydrogen) atoms. The van der Waals surface area contributed by atoms with Crippen LogP contribution in [0, 0.1) is 6.92 Å². The van der Waals surface area contributed by atoms with Gasteiger partial charge in [-0.1, -0.05) is 48.5 Å². The maximum Gasteiger partial charge on any atom is 0.328 e. The molecular formula is C21H21N3O4. The molecule has 1 heterocycles. The number of amides is 1. The number of carbonyl (C=O) groups excluding carboxylic acids is 2. The summed E-state index contributed by atoms with van der Waals surface area (Å²) in [6, 6.07) is 15.6. The van der Waals surface area contributed by atoms with E-state index in [0.717, 1.165) is 15.6 Å². The number of esters is 1. The van der Waals surface area contributed by atoms with Gasteiger partial charge in [0.05, 0.1) is 18.2 Å². The highest BCUT2D eigenvalue weighted by atomic mass is 16.5. The SMILES string of the molecule is COC(=O)[C@H](Cc1ccccc1)NC(=O)Cn1nc(C)c2ccccc2c1=O. The van der Waals surface area contributed by atoms with Gasteiger partial charge < -0.3 is 10.1 Å². The van der Waals surface area contributed by atoms with Gasteiger partial charge in [-0.2, -0.15) is 5.10 Å². The Morgan fingerprint density at radius 1 is 1.07 bits per heavy atom. The van der Waals surface area contributed by atoms with Gasteiger partial charge in [-0.15, -0.1) is 0 Å². The number of fused-ring (bicyclic) bond motifs is 1. The largest absolute Gasteiger partial charge is 0.467 e. The molecule has 0 aliphatic heterocycles. The zero-order chi connectivity index (χ0) is 20.1. The fourth-order valence-electron chi connectivity index (χ4n) is 3.07. The van der Waals surface area contributed by atoms with Crippen LogP contribution in [-0.4, -0.2) is 34.8 Å². The molecule has 1 aromatic heterocycles. The number of rotatable bonds is 6. The normalized spacial score (nSPS) is 11.8. The number of nitrogens with zero attached hydrogens (tertiary/aromatic N) is 2. The lowest BCUT2D eigenvalue weighted by Crippen LogP contribution is -2.45. The Labute approximate surface area is 161 Å². The third-order valence-corrected chi connectivity index (χ3v) is 4.45. The molecule has 1 atom stereocenters. The molecule has 0 aliphatic carbocycles. The van der Waals surface area contributed by atoms with Crippen LogP contribution in [0.4, 0.5) is 0 Å². The molecule has 0 saturated heterocycles. The summed E-state index contributed by atoms with van der Waals surface area (Å²) in [7, 11) is 1.27. The van der Waals surface area contributed by atoms with Gasteiger partial charge in [0.25, 0.3) is 5.56 Å². The molecule has 1 amide bonds. The van der Waals surface area contributed by atoms with Crippen molar-refractivity contribution in [2.75, 3.05) is 7.11 Å². The average Bonchev–Trinajstić information content (AvgIpc) is 2.71. The van der Waals surface area contributed by atoms with Crippen molar-refractivity contribution in [3.8, 4) is 0 Å². The number of ether oxygens (including phenoxy) is 1. The summed E-state index contributed by atoms with van der Waals surface area (Å²) in [6.45, 7) is 1.50. The van der Waals surface area contributed by atoms with Crippen molar-refractivity contribution >= 4 is 22.6 Å². The minimum atomic E-state index is -0.850. The van der Waals surface area contributed by atoms with Crippen LogP contribution in [0.5, 0.6) is 0 Å². The number of nitrogens with one attached hydrogen (secondary N) is 1. The first-order chi connectivity index (χ1) is 13.5. The summed E-state index contributed by atoms with van der Waals surface area (Å²) in [4.78, 5) is 37.2. The Bertz CT molecular complexity index is 1060. The summed E-state index contributed by atoms with van der Waals surface area (Å²) in [5.74, 6) is -1.04. The van der Waals surface area contributed by atoms with Crippen molar-refractivity contribution in [2.45, 2.75) is 25.9 Å². The van der Waals surface area contributed by atoms with Gasteiger partial charge in [0.1, 0.15) is 12.6 Å². The van der Waals surface area contributed by atoms with Crippen LogP contribution < -0.4 is 10.9 Å². The lowest BCUT2D eigenvalue weighted by molar-refractivity contribution is -0.145. The van der Waals surface area contributed by atoms with E-state index in [1.807, 2.05) is 42.5 Å². The van der Waals surface area contributed by atoms with Crippen LogP contribution in [0.1, 0.15) is 11.3 Å². The molecule has 144 valence electrons. The third kappa shape index (κ3) is 4.25. The van der Waals surface area contributed by atoms with Gasteiger partial charge >= 0.3 is 5.97 Å². The lowest BCUT2D eigenvalue weighted by atomic mass is 10.1. The zero-order valence-electron chi connectivity index (χ0n) is 15.7. The topological polar surface area (TPSA) is 90.3 Å². The van der Waals surface area contributed by atoms with Crippen molar-refractivity contribution in [2.24, 2.45) is 0 Å². The predicted octanol–water partition coefficient (Wildman–Crippen LogP) is 1.61. The van der Waals surface area contributed by atoms with E-state index in [1.54, 1.807) is 19.1 Å². The van der Waals surface area contributed by atoms with Crippen LogP contribution in [-0.2, 0) is 27.3 Å². The van der Waals surface area contributed by atoms with Crippen LogP contribution >= 0.6 is 0 Å². The summed E-state index contributed by atoms with van der Waals surface area (Å²) in [5.41, 5.74) is 1.18. The highest BCUT2D eigenvalue weighted by molar-refractivity contribution is 5.85. The van der Waals surface area contributed by atoms with Crippen molar-refractivity contribution < 1.29 is 14.3 Å². The van der Waals surface area contributed by atoms with Crippen LogP contribution in [0.2, 0.25) is 0 Å². The van der Waals surface area contributed by atoms with E-state index in [4.69, 9.17) is 4.74 Å². The van der Waals surface area contributed by atoms with Gasteiger partial charge in [-0.25, -0.2) is 9.48 Å². The summed E-state index contributed by atoms with van der Waals surface area (Å²) in [6.07, 6.45) is 0.290. The first kappa shape index (κ1) is 19.3. The molecule has 0 unspecified atom stereocenters. The van der Waals surface area contributed by atoms with Crippen LogP contribution in [0.3, 0.4) is 0 Å². The number of hydrogen-bond donors (Lipinski definition) is 1. The molecule has 0 saturated carbocycles. The second-order valence-corrected chi connectivity index (χ2v) is 6.43. The van der Waals surface area contributed by atoms with Crippen molar-refractivity contribution in [3.05, 3.63) is 76.2 Å². The third-order valence-electron chi connectivity index (χ3n) is 4.45. The quantitative estimate of drug-likeness (QED) is 0.657. The minimum Gasteiger partial charge on any atom is -0.467 e. The average molecular weight is 379 g/mol. The second-order valence-electron chi connectivity index (χ2n) is 6.43. The standard InChI is InChI=1S/C21H21N3O4/c1-14-16-10-6-7-11-17(16)20(26)24(23-14)13-19(25)22-18(21(27)28-2)12-15-8-4-3-5-9-15/h3-11,18H,12-13H2,1-2H3,(H,22,25)/t18-/m0/s1. The van der Waals surface area contributed by atoms with Crippen LogP contribution in [0.25, 0.3) is 10.8 Å². The summed E-state index contributed by atoms with van der Waals surface area (Å²) < 4.78 is 5.91. The van der Waals surface area contributed by atoms with E-state index in [0.29, 0.717) is 17.5 Å². The molecular weight excluding hydrogens is 358 g/mol. The molecule has 0 radical (unpaired) electrons. The van der Waals surface area contributed by atoms with Gasteiger partial charge in [-0.3, -0.25) is 9.59 Å². The number of methoxy groups -OCH3 is 1. The fraction of sp³-hybridized carbons (Fsp3) is 0.238. The Hall–Kier alpha value is -3.48. The van der Waals surface area contributed by atoms with E-state index in [-0.39, 0.29) is 12.1 Å². The first-order valence-electron chi connectivity index (χ1n) is 8.87. The molecule has 0 aliphatic rings. The molecule has 2 aromatic carbocycles.